The molecule has 0 radical (unpaired) electrons. The van der Waals surface area contributed by atoms with Crippen LogP contribution in [0.3, 0.4) is 0 Å². The molecule has 2 heterocycles. The molecule has 2 aliphatic rings. The topological polar surface area (TPSA) is 234 Å². The maximum Gasteiger partial charge on any atom is 0.326 e. The maximum absolute atomic E-state index is 14.0. The molecule has 15 heteroatoms. The van der Waals surface area contributed by atoms with E-state index in [1.54, 1.807) is 68.4 Å². The summed E-state index contributed by atoms with van der Waals surface area (Å²) in [5.74, 6) is -5.58. The Balaban J connectivity index is 1.51. The highest BCUT2D eigenvalue weighted by Crippen LogP contribution is 2.26. The molecular weight excluding hydrogens is 670 g/mol. The number of carboxylic acids is 1. The number of rotatable bonds is 16. The van der Waals surface area contributed by atoms with Crippen molar-refractivity contribution in [2.24, 2.45) is 17.4 Å². The fourth-order valence-electron chi connectivity index (χ4n) is 6.69. The van der Waals surface area contributed by atoms with Crippen molar-refractivity contribution in [1.29, 1.82) is 0 Å². The minimum atomic E-state index is -1.45. The molecule has 0 aliphatic carbocycles. The third kappa shape index (κ3) is 10.4. The fraction of sp³-hybridized carbons (Fsp3) is 0.486. The van der Waals surface area contributed by atoms with Crippen molar-refractivity contribution in [1.82, 2.24) is 25.8 Å². The van der Waals surface area contributed by atoms with E-state index < -0.39 is 90.0 Å². The molecule has 52 heavy (non-hydrogen) atoms. The molecule has 0 unspecified atom stereocenters. The van der Waals surface area contributed by atoms with Crippen LogP contribution in [0.1, 0.15) is 57.1 Å². The van der Waals surface area contributed by atoms with E-state index in [4.69, 9.17) is 11.5 Å². The largest absolute Gasteiger partial charge is 0.480 e. The van der Waals surface area contributed by atoms with Crippen molar-refractivity contribution in [3.63, 3.8) is 0 Å². The zero-order valence-corrected chi connectivity index (χ0v) is 29.5. The standard InChI is InChI=1S/C37H49N7O8/c1-22(2)31(36(50)43-17-9-15-28(43)35(49)44-18-10-16-29(44)37(51)52)42-34(48)26(20-24-13-7-4-8-14-24)41-33(47)27(21-30(39)45)40-32(46)25(38)19-23-11-5-3-6-12-23/h3-8,11-14,22,25-29,31H,9-10,15-21,38H2,1-2H3,(H2,39,45)(H,40,46)(H,41,47)(H,42,48)(H,51,52)/t25-,26-,27-,28-,29-,31-/m0/s1. The second-order valence-corrected chi connectivity index (χ2v) is 13.7. The van der Waals surface area contributed by atoms with Crippen LogP contribution in [0.5, 0.6) is 0 Å². The van der Waals surface area contributed by atoms with Crippen LogP contribution < -0.4 is 27.4 Å². The van der Waals surface area contributed by atoms with Crippen LogP contribution in [-0.2, 0) is 46.4 Å². The van der Waals surface area contributed by atoms with Gasteiger partial charge in [0.25, 0.3) is 0 Å². The van der Waals surface area contributed by atoms with Crippen molar-refractivity contribution in [2.75, 3.05) is 13.1 Å². The summed E-state index contributed by atoms with van der Waals surface area (Å²) in [6.07, 6.45) is 1.38. The minimum absolute atomic E-state index is 0.00145. The van der Waals surface area contributed by atoms with Crippen LogP contribution >= 0.6 is 0 Å². The van der Waals surface area contributed by atoms with Crippen molar-refractivity contribution in [2.45, 2.75) is 95.0 Å². The van der Waals surface area contributed by atoms with E-state index in [0.717, 1.165) is 5.56 Å². The van der Waals surface area contributed by atoms with Crippen LogP contribution in [0.2, 0.25) is 0 Å². The number of likely N-dealkylation sites (tertiary alicyclic amines) is 2. The molecule has 4 rings (SSSR count). The van der Waals surface area contributed by atoms with Gasteiger partial charge in [0.1, 0.15) is 30.2 Å². The number of nitrogens with zero attached hydrogens (tertiary/aromatic N) is 2. The quantitative estimate of drug-likeness (QED) is 0.135. The SMILES string of the molecule is CC(C)[C@H](NC(=O)[C@H](Cc1ccccc1)NC(=O)[C@H](CC(N)=O)NC(=O)[C@@H](N)Cc1ccccc1)C(=O)N1CCC[C@H]1C(=O)N1CCC[C@H]1C(=O)O. The molecular formula is C37H49N7O8. The molecule has 6 amide bonds. The van der Waals surface area contributed by atoms with Gasteiger partial charge in [-0.3, -0.25) is 28.8 Å². The van der Waals surface area contributed by atoms with Crippen LogP contribution in [0.25, 0.3) is 0 Å². The molecule has 2 saturated heterocycles. The zero-order valence-electron chi connectivity index (χ0n) is 29.5. The molecule has 2 aliphatic heterocycles. The van der Waals surface area contributed by atoms with E-state index in [2.05, 4.69) is 16.0 Å². The number of benzene rings is 2. The van der Waals surface area contributed by atoms with Crippen LogP contribution in [0.15, 0.2) is 60.7 Å². The van der Waals surface area contributed by atoms with Gasteiger partial charge in [-0.1, -0.05) is 74.5 Å². The van der Waals surface area contributed by atoms with E-state index in [1.807, 2.05) is 6.07 Å². The first kappa shape index (κ1) is 39.5. The second kappa shape index (κ2) is 18.3. The highest BCUT2D eigenvalue weighted by molar-refractivity contribution is 5.98. The first-order chi connectivity index (χ1) is 24.8. The van der Waals surface area contributed by atoms with E-state index in [0.29, 0.717) is 31.2 Å². The van der Waals surface area contributed by atoms with Gasteiger partial charge in [-0.15, -0.1) is 0 Å². The van der Waals surface area contributed by atoms with Crippen LogP contribution in [0.4, 0.5) is 0 Å². The Kier molecular flexibility index (Phi) is 13.9. The van der Waals surface area contributed by atoms with E-state index in [9.17, 15) is 38.7 Å². The monoisotopic (exact) mass is 719 g/mol. The predicted molar refractivity (Wildman–Crippen MR) is 190 cm³/mol. The predicted octanol–water partition coefficient (Wildman–Crippen LogP) is -0.148. The first-order valence-electron chi connectivity index (χ1n) is 17.6. The number of carboxylic acid groups (broad SMARTS) is 1. The lowest BCUT2D eigenvalue weighted by Crippen LogP contribution is -2.60. The number of nitrogens with two attached hydrogens (primary N) is 2. The molecule has 6 atom stereocenters. The molecule has 0 saturated carbocycles. The average Bonchev–Trinajstić information content (AvgIpc) is 3.81. The summed E-state index contributed by atoms with van der Waals surface area (Å²) in [4.78, 5) is 94.8. The fourth-order valence-corrected chi connectivity index (χ4v) is 6.69. The Hall–Kier alpha value is -5.31. The number of hydrogen-bond donors (Lipinski definition) is 6. The lowest BCUT2D eigenvalue weighted by molar-refractivity contribution is -0.152. The molecule has 2 fully saturated rings. The third-order valence-corrected chi connectivity index (χ3v) is 9.46. The maximum atomic E-state index is 14.0. The van der Waals surface area contributed by atoms with E-state index in [-0.39, 0.29) is 25.9 Å². The van der Waals surface area contributed by atoms with Gasteiger partial charge in [0.15, 0.2) is 0 Å². The van der Waals surface area contributed by atoms with Gasteiger partial charge in [0, 0.05) is 19.5 Å². The first-order valence-corrected chi connectivity index (χ1v) is 17.6. The number of aliphatic carboxylic acids is 1. The second-order valence-electron chi connectivity index (χ2n) is 13.7. The third-order valence-electron chi connectivity index (χ3n) is 9.46. The van der Waals surface area contributed by atoms with Crippen LogP contribution in [-0.4, -0.2) is 106 Å². The molecule has 0 spiro atoms. The molecule has 0 bridgehead atoms. The average molecular weight is 720 g/mol. The Morgan fingerprint density at radius 1 is 0.731 bits per heavy atom. The number of hydrogen-bond acceptors (Lipinski definition) is 8. The Bertz CT molecular complexity index is 1610. The Morgan fingerprint density at radius 2 is 1.25 bits per heavy atom. The number of nitrogens with one attached hydrogen (secondary N) is 3. The van der Waals surface area contributed by atoms with Gasteiger partial charge < -0.3 is 42.3 Å². The Labute approximate surface area is 302 Å². The smallest absolute Gasteiger partial charge is 0.326 e. The summed E-state index contributed by atoms with van der Waals surface area (Å²) in [5.41, 5.74) is 13.0. The number of primary amides is 1. The lowest BCUT2D eigenvalue weighted by Gasteiger charge is -2.34. The van der Waals surface area contributed by atoms with Gasteiger partial charge in [-0.2, -0.15) is 0 Å². The highest BCUT2D eigenvalue weighted by atomic mass is 16.4. The normalized spacial score (nSPS) is 19.3. The molecule has 2 aromatic rings. The van der Waals surface area contributed by atoms with Crippen LogP contribution in [0, 0.1) is 5.92 Å². The summed E-state index contributed by atoms with van der Waals surface area (Å²) in [5, 5.41) is 17.5. The van der Waals surface area contributed by atoms with Gasteiger partial charge in [0.05, 0.1) is 12.5 Å². The van der Waals surface area contributed by atoms with Gasteiger partial charge in [-0.05, 0) is 49.1 Å². The number of carbonyl (C=O) groups is 7. The molecule has 8 N–H and O–H groups in total. The molecule has 280 valence electrons. The highest BCUT2D eigenvalue weighted by Gasteiger charge is 2.44. The van der Waals surface area contributed by atoms with Crippen molar-refractivity contribution in [3.8, 4) is 0 Å². The summed E-state index contributed by atoms with van der Waals surface area (Å²) in [6.45, 7) is 4.01. The summed E-state index contributed by atoms with van der Waals surface area (Å²) in [6, 6.07) is 11.2. The zero-order chi connectivity index (χ0) is 37.9. The Morgan fingerprint density at radius 3 is 1.81 bits per heavy atom. The summed E-state index contributed by atoms with van der Waals surface area (Å²) >= 11 is 0. The van der Waals surface area contributed by atoms with Crippen molar-refractivity contribution < 1.29 is 38.7 Å². The summed E-state index contributed by atoms with van der Waals surface area (Å²) < 4.78 is 0. The lowest BCUT2D eigenvalue weighted by atomic mass is 9.99. The minimum Gasteiger partial charge on any atom is -0.480 e. The van der Waals surface area contributed by atoms with Gasteiger partial charge >= 0.3 is 5.97 Å². The number of amides is 6. The van der Waals surface area contributed by atoms with Crippen molar-refractivity contribution >= 4 is 41.4 Å². The summed E-state index contributed by atoms with van der Waals surface area (Å²) in [7, 11) is 0. The van der Waals surface area contributed by atoms with Gasteiger partial charge in [-0.25, -0.2) is 4.79 Å². The number of carbonyl (C=O) groups excluding carboxylic acids is 6. The molecule has 0 aromatic heterocycles. The van der Waals surface area contributed by atoms with Gasteiger partial charge in [0.2, 0.25) is 35.4 Å². The molecule has 2 aromatic carbocycles. The van der Waals surface area contributed by atoms with E-state index in [1.165, 1.54) is 9.80 Å². The molecule has 15 nitrogen and oxygen atoms in total. The van der Waals surface area contributed by atoms with Crippen molar-refractivity contribution in [3.05, 3.63) is 71.8 Å². The van der Waals surface area contributed by atoms with E-state index >= 15 is 0 Å².